The highest BCUT2D eigenvalue weighted by molar-refractivity contribution is 5.90. The number of imidazole rings is 1. The van der Waals surface area contributed by atoms with Gasteiger partial charge in [-0.15, -0.1) is 0 Å². The molecule has 2 aromatic rings. The Hall–Kier alpha value is -2.31. The number of rotatable bonds is 1. The Kier molecular flexibility index (Phi) is 3.05. The predicted molar refractivity (Wildman–Crippen MR) is 58.1 cm³/mol. The van der Waals surface area contributed by atoms with Gasteiger partial charge in [0.05, 0.1) is 5.56 Å². The van der Waals surface area contributed by atoms with Gasteiger partial charge in [0.15, 0.2) is 0 Å². The summed E-state index contributed by atoms with van der Waals surface area (Å²) in [6.45, 7) is 0. The Morgan fingerprint density at radius 3 is 2.72 bits per heavy atom. The van der Waals surface area contributed by atoms with E-state index in [0.29, 0.717) is 0 Å². The lowest BCUT2D eigenvalue weighted by Crippen LogP contribution is -2.18. The molecule has 1 heterocycles. The van der Waals surface area contributed by atoms with E-state index in [1.807, 2.05) is 0 Å². The van der Waals surface area contributed by atoms with Crippen LogP contribution in [-0.4, -0.2) is 15.6 Å². The number of nitrogens with zero attached hydrogens (tertiary/aromatic N) is 2. The SMILES string of the molecule is O=C(Nc1cccc(C(F)(F)F)c1)n1ccnc1. The van der Waals surface area contributed by atoms with E-state index in [4.69, 9.17) is 0 Å². The average Bonchev–Trinajstić information content (AvgIpc) is 2.81. The Morgan fingerprint density at radius 1 is 1.33 bits per heavy atom. The van der Waals surface area contributed by atoms with Crippen LogP contribution in [0.25, 0.3) is 0 Å². The molecule has 0 radical (unpaired) electrons. The van der Waals surface area contributed by atoms with E-state index in [0.717, 1.165) is 16.7 Å². The molecular formula is C11H8F3N3O. The number of hydrogen-bond donors (Lipinski definition) is 1. The van der Waals surface area contributed by atoms with E-state index < -0.39 is 17.8 Å². The smallest absolute Gasteiger partial charge is 0.307 e. The van der Waals surface area contributed by atoms with Crippen LogP contribution in [0.3, 0.4) is 0 Å². The summed E-state index contributed by atoms with van der Waals surface area (Å²) in [4.78, 5) is 15.2. The van der Waals surface area contributed by atoms with Crippen molar-refractivity contribution in [3.63, 3.8) is 0 Å². The lowest BCUT2D eigenvalue weighted by Gasteiger charge is -2.09. The minimum absolute atomic E-state index is 0.0727. The molecule has 0 atom stereocenters. The molecule has 1 aromatic heterocycles. The van der Waals surface area contributed by atoms with Crippen molar-refractivity contribution in [2.75, 3.05) is 5.32 Å². The van der Waals surface area contributed by atoms with Crippen LogP contribution in [0.4, 0.5) is 23.7 Å². The summed E-state index contributed by atoms with van der Waals surface area (Å²) >= 11 is 0. The Labute approximate surface area is 100 Å². The molecular weight excluding hydrogens is 247 g/mol. The molecule has 1 amide bonds. The molecule has 94 valence electrons. The molecule has 0 unspecified atom stereocenters. The monoisotopic (exact) mass is 255 g/mol. The Balaban J connectivity index is 2.18. The number of carbonyl (C=O) groups excluding carboxylic acids is 1. The number of alkyl halides is 3. The lowest BCUT2D eigenvalue weighted by atomic mass is 10.2. The second kappa shape index (κ2) is 4.52. The highest BCUT2D eigenvalue weighted by Crippen LogP contribution is 2.30. The van der Waals surface area contributed by atoms with Gasteiger partial charge in [-0.25, -0.2) is 9.78 Å². The van der Waals surface area contributed by atoms with E-state index in [1.165, 1.54) is 30.9 Å². The number of anilines is 1. The maximum atomic E-state index is 12.5. The summed E-state index contributed by atoms with van der Waals surface area (Å²) in [6.07, 6.45) is -0.395. The molecule has 2 rings (SSSR count). The Morgan fingerprint density at radius 2 is 2.11 bits per heavy atom. The van der Waals surface area contributed by atoms with Crippen LogP contribution < -0.4 is 5.32 Å². The highest BCUT2D eigenvalue weighted by Gasteiger charge is 2.30. The largest absolute Gasteiger partial charge is 0.416 e. The predicted octanol–water partition coefficient (Wildman–Crippen LogP) is 2.98. The minimum atomic E-state index is -4.43. The van der Waals surface area contributed by atoms with Crippen molar-refractivity contribution >= 4 is 11.7 Å². The van der Waals surface area contributed by atoms with Gasteiger partial charge < -0.3 is 5.32 Å². The third-order valence-electron chi connectivity index (χ3n) is 2.18. The molecule has 18 heavy (non-hydrogen) atoms. The highest BCUT2D eigenvalue weighted by atomic mass is 19.4. The number of halogens is 3. The molecule has 0 spiro atoms. The van der Waals surface area contributed by atoms with Crippen molar-refractivity contribution < 1.29 is 18.0 Å². The van der Waals surface area contributed by atoms with Gasteiger partial charge in [0.25, 0.3) is 0 Å². The quantitative estimate of drug-likeness (QED) is 0.851. The van der Waals surface area contributed by atoms with Gasteiger partial charge >= 0.3 is 12.2 Å². The molecule has 0 saturated carbocycles. The summed E-state index contributed by atoms with van der Waals surface area (Å²) in [5.41, 5.74) is -0.741. The van der Waals surface area contributed by atoms with E-state index in [2.05, 4.69) is 10.3 Å². The molecule has 7 heteroatoms. The number of benzene rings is 1. The Bertz CT molecular complexity index is 549. The molecule has 0 bridgehead atoms. The first-order chi connectivity index (χ1) is 8.47. The first-order valence-electron chi connectivity index (χ1n) is 4.93. The molecule has 0 aliphatic carbocycles. The first kappa shape index (κ1) is 12.2. The van der Waals surface area contributed by atoms with Gasteiger partial charge in [-0.1, -0.05) is 6.07 Å². The van der Waals surface area contributed by atoms with Crippen LogP contribution in [0.1, 0.15) is 5.56 Å². The van der Waals surface area contributed by atoms with Crippen LogP contribution in [0, 0.1) is 0 Å². The zero-order chi connectivity index (χ0) is 13.2. The van der Waals surface area contributed by atoms with Gasteiger partial charge in [0.2, 0.25) is 0 Å². The topological polar surface area (TPSA) is 46.9 Å². The van der Waals surface area contributed by atoms with E-state index in [-0.39, 0.29) is 5.69 Å². The van der Waals surface area contributed by atoms with Crippen LogP contribution >= 0.6 is 0 Å². The summed E-state index contributed by atoms with van der Waals surface area (Å²) in [6, 6.07) is 3.84. The summed E-state index contributed by atoms with van der Waals surface area (Å²) in [5, 5.41) is 2.34. The molecule has 4 nitrogen and oxygen atoms in total. The van der Waals surface area contributed by atoms with Crippen LogP contribution in [-0.2, 0) is 6.18 Å². The summed E-state index contributed by atoms with van der Waals surface area (Å²) < 4.78 is 38.5. The molecule has 0 aliphatic rings. The number of amides is 1. The number of carbonyl (C=O) groups is 1. The van der Waals surface area contributed by atoms with Gasteiger partial charge in [-0.05, 0) is 18.2 Å². The zero-order valence-electron chi connectivity index (χ0n) is 8.98. The van der Waals surface area contributed by atoms with Crippen LogP contribution in [0.5, 0.6) is 0 Å². The molecule has 1 aromatic carbocycles. The van der Waals surface area contributed by atoms with Gasteiger partial charge in [0.1, 0.15) is 6.33 Å². The van der Waals surface area contributed by atoms with E-state index >= 15 is 0 Å². The summed E-state index contributed by atoms with van der Waals surface area (Å²) in [7, 11) is 0. The number of hydrogen-bond acceptors (Lipinski definition) is 2. The van der Waals surface area contributed by atoms with Crippen LogP contribution in [0.2, 0.25) is 0 Å². The lowest BCUT2D eigenvalue weighted by molar-refractivity contribution is -0.137. The number of nitrogens with one attached hydrogen (secondary N) is 1. The number of aromatic nitrogens is 2. The zero-order valence-corrected chi connectivity index (χ0v) is 8.98. The fraction of sp³-hybridized carbons (Fsp3) is 0.0909. The normalized spacial score (nSPS) is 11.3. The third kappa shape index (κ3) is 2.68. The van der Waals surface area contributed by atoms with Gasteiger partial charge in [0, 0.05) is 18.1 Å². The first-order valence-corrected chi connectivity index (χ1v) is 4.93. The van der Waals surface area contributed by atoms with Crippen molar-refractivity contribution in [3.05, 3.63) is 48.5 Å². The van der Waals surface area contributed by atoms with E-state index in [9.17, 15) is 18.0 Å². The fourth-order valence-corrected chi connectivity index (χ4v) is 1.34. The van der Waals surface area contributed by atoms with E-state index in [1.54, 1.807) is 0 Å². The minimum Gasteiger partial charge on any atom is -0.307 e. The molecule has 0 fully saturated rings. The maximum Gasteiger partial charge on any atom is 0.416 e. The summed E-state index contributed by atoms with van der Waals surface area (Å²) in [5.74, 6) is 0. The van der Waals surface area contributed by atoms with Gasteiger partial charge in [-0.2, -0.15) is 13.2 Å². The van der Waals surface area contributed by atoms with Crippen molar-refractivity contribution in [3.8, 4) is 0 Å². The third-order valence-corrected chi connectivity index (χ3v) is 2.18. The average molecular weight is 255 g/mol. The second-order valence-corrected chi connectivity index (χ2v) is 3.48. The van der Waals surface area contributed by atoms with Crippen molar-refractivity contribution in [1.82, 2.24) is 9.55 Å². The standard InChI is InChI=1S/C11H8F3N3O/c12-11(13,14)8-2-1-3-9(6-8)16-10(18)17-5-4-15-7-17/h1-7H,(H,16,18). The fourth-order valence-electron chi connectivity index (χ4n) is 1.34. The molecule has 0 saturated heterocycles. The van der Waals surface area contributed by atoms with Crippen molar-refractivity contribution in [1.29, 1.82) is 0 Å². The van der Waals surface area contributed by atoms with Crippen molar-refractivity contribution in [2.45, 2.75) is 6.18 Å². The van der Waals surface area contributed by atoms with Gasteiger partial charge in [-0.3, -0.25) is 4.57 Å². The maximum absolute atomic E-state index is 12.5. The second-order valence-electron chi connectivity index (χ2n) is 3.48. The molecule has 1 N–H and O–H groups in total. The van der Waals surface area contributed by atoms with Crippen molar-refractivity contribution in [2.24, 2.45) is 0 Å². The van der Waals surface area contributed by atoms with Crippen LogP contribution in [0.15, 0.2) is 43.0 Å². The molecule has 0 aliphatic heterocycles.